The van der Waals surface area contributed by atoms with Gasteiger partial charge in [0.15, 0.2) is 0 Å². The number of likely N-dealkylation sites (tertiary alicyclic amines) is 1. The first-order valence-electron chi connectivity index (χ1n) is 10.1. The molecule has 1 N–H and O–H groups in total. The Balaban J connectivity index is 2.06. The van der Waals surface area contributed by atoms with Crippen LogP contribution in [0, 0.1) is 0 Å². The number of carbonyl (C=O) groups is 2. The molecule has 0 bridgehead atoms. The number of nitrogens with zero attached hydrogens (tertiary/aromatic N) is 1. The van der Waals surface area contributed by atoms with E-state index in [0.717, 1.165) is 5.56 Å². The normalized spacial score (nSPS) is 18.1. The zero-order valence-corrected chi connectivity index (χ0v) is 18.6. The summed E-state index contributed by atoms with van der Waals surface area (Å²) in [5.74, 6) is -1.24. The van der Waals surface area contributed by atoms with E-state index >= 15 is 0 Å². The van der Waals surface area contributed by atoms with Crippen LogP contribution < -0.4 is 4.74 Å². The van der Waals surface area contributed by atoms with Crippen LogP contribution in [0.2, 0.25) is 5.02 Å². The lowest BCUT2D eigenvalue weighted by molar-refractivity contribution is -0.140. The van der Waals surface area contributed by atoms with E-state index in [2.05, 4.69) is 0 Å². The van der Waals surface area contributed by atoms with Crippen LogP contribution in [-0.4, -0.2) is 48.1 Å². The molecule has 0 aromatic heterocycles. The van der Waals surface area contributed by atoms with Crippen LogP contribution in [-0.2, 0) is 14.3 Å². The topological polar surface area (TPSA) is 76.1 Å². The molecule has 0 aliphatic carbocycles. The zero-order valence-electron chi connectivity index (χ0n) is 17.8. The number of Topliss-reactive ketones (excluding diaryl/α,β-unsaturated/α-hetero) is 1. The third-order valence-corrected chi connectivity index (χ3v) is 5.41. The van der Waals surface area contributed by atoms with Crippen molar-refractivity contribution in [2.75, 3.05) is 20.3 Å². The Labute approximate surface area is 187 Å². The van der Waals surface area contributed by atoms with Gasteiger partial charge < -0.3 is 19.5 Å². The van der Waals surface area contributed by atoms with Crippen LogP contribution in [0.4, 0.5) is 0 Å². The Morgan fingerprint density at radius 3 is 2.52 bits per heavy atom. The van der Waals surface area contributed by atoms with Crippen molar-refractivity contribution in [3.05, 3.63) is 70.3 Å². The summed E-state index contributed by atoms with van der Waals surface area (Å²) in [5, 5.41) is 11.4. The Morgan fingerprint density at radius 2 is 1.87 bits per heavy atom. The average Bonchev–Trinajstić information content (AvgIpc) is 3.02. The number of benzene rings is 2. The van der Waals surface area contributed by atoms with Crippen molar-refractivity contribution < 1.29 is 24.2 Å². The van der Waals surface area contributed by atoms with Crippen LogP contribution >= 0.6 is 11.6 Å². The summed E-state index contributed by atoms with van der Waals surface area (Å²) in [4.78, 5) is 27.4. The lowest BCUT2D eigenvalue weighted by Crippen LogP contribution is -2.31. The van der Waals surface area contributed by atoms with Crippen molar-refractivity contribution in [3.8, 4) is 5.75 Å². The van der Waals surface area contributed by atoms with Crippen molar-refractivity contribution in [1.82, 2.24) is 4.90 Å². The smallest absolute Gasteiger partial charge is 0.295 e. The number of aliphatic hydroxyl groups is 1. The Hall–Kier alpha value is -2.83. The molecule has 7 heteroatoms. The number of hydrogen-bond acceptors (Lipinski definition) is 5. The van der Waals surface area contributed by atoms with E-state index < -0.39 is 17.7 Å². The molecule has 0 spiro atoms. The van der Waals surface area contributed by atoms with Gasteiger partial charge in [0.2, 0.25) is 0 Å². The van der Waals surface area contributed by atoms with Gasteiger partial charge in [0.25, 0.3) is 11.7 Å². The predicted octanol–water partition coefficient (Wildman–Crippen LogP) is 4.59. The van der Waals surface area contributed by atoms with Gasteiger partial charge >= 0.3 is 0 Å². The second-order valence-electron chi connectivity index (χ2n) is 7.52. The van der Waals surface area contributed by atoms with Crippen molar-refractivity contribution in [2.24, 2.45) is 0 Å². The number of rotatable bonds is 8. The predicted molar refractivity (Wildman–Crippen MR) is 119 cm³/mol. The maximum Gasteiger partial charge on any atom is 0.295 e. The molecule has 6 nitrogen and oxygen atoms in total. The lowest BCUT2D eigenvalue weighted by atomic mass is 9.95. The fourth-order valence-corrected chi connectivity index (χ4v) is 3.81. The molecular formula is C24H26ClNO5. The minimum Gasteiger partial charge on any atom is -0.507 e. The van der Waals surface area contributed by atoms with Crippen molar-refractivity contribution in [3.63, 3.8) is 0 Å². The molecule has 2 aromatic carbocycles. The van der Waals surface area contributed by atoms with E-state index in [4.69, 9.17) is 21.1 Å². The van der Waals surface area contributed by atoms with E-state index in [1.807, 2.05) is 44.2 Å². The number of halogens is 1. The maximum atomic E-state index is 13.0. The SMILES string of the molecule is COc1ccc(Cl)c(/C(O)=C2\C(=O)C(=O)N(CCCOC(C)C)C2c2ccccc2)c1. The first-order chi connectivity index (χ1) is 14.8. The highest BCUT2D eigenvalue weighted by molar-refractivity contribution is 6.47. The fraction of sp³-hybridized carbons (Fsp3) is 0.333. The lowest BCUT2D eigenvalue weighted by Gasteiger charge is -2.25. The molecule has 1 heterocycles. The van der Waals surface area contributed by atoms with Crippen LogP contribution in [0.1, 0.15) is 37.4 Å². The Kier molecular flexibility index (Phi) is 7.36. The van der Waals surface area contributed by atoms with Crippen molar-refractivity contribution in [1.29, 1.82) is 0 Å². The van der Waals surface area contributed by atoms with Gasteiger partial charge in [0.1, 0.15) is 11.5 Å². The second-order valence-corrected chi connectivity index (χ2v) is 7.93. The molecule has 1 aliphatic rings. The van der Waals surface area contributed by atoms with E-state index in [9.17, 15) is 14.7 Å². The molecule has 1 saturated heterocycles. The second kappa shape index (κ2) is 9.98. The summed E-state index contributed by atoms with van der Waals surface area (Å²) in [6.45, 7) is 4.66. The largest absolute Gasteiger partial charge is 0.507 e. The highest BCUT2D eigenvalue weighted by Gasteiger charge is 2.45. The van der Waals surface area contributed by atoms with Gasteiger partial charge in [-0.3, -0.25) is 9.59 Å². The Morgan fingerprint density at radius 1 is 1.16 bits per heavy atom. The van der Waals surface area contributed by atoms with Gasteiger partial charge in [-0.2, -0.15) is 0 Å². The van der Waals surface area contributed by atoms with Crippen LogP contribution in [0.3, 0.4) is 0 Å². The van der Waals surface area contributed by atoms with Gasteiger partial charge in [-0.25, -0.2) is 0 Å². The van der Waals surface area contributed by atoms with Crippen LogP contribution in [0.15, 0.2) is 54.1 Å². The van der Waals surface area contributed by atoms with Gasteiger partial charge in [-0.1, -0.05) is 41.9 Å². The summed E-state index contributed by atoms with van der Waals surface area (Å²) in [6, 6.07) is 13.2. The number of ketones is 1. The monoisotopic (exact) mass is 443 g/mol. The number of carbonyl (C=O) groups excluding carboxylic acids is 2. The number of ether oxygens (including phenoxy) is 2. The van der Waals surface area contributed by atoms with E-state index in [0.29, 0.717) is 25.3 Å². The third-order valence-electron chi connectivity index (χ3n) is 5.08. The average molecular weight is 444 g/mol. The summed E-state index contributed by atoms with van der Waals surface area (Å²) >= 11 is 6.30. The highest BCUT2D eigenvalue weighted by atomic mass is 35.5. The first-order valence-corrected chi connectivity index (χ1v) is 10.5. The number of aliphatic hydroxyl groups excluding tert-OH is 1. The zero-order chi connectivity index (χ0) is 22.5. The molecule has 1 aliphatic heterocycles. The van der Waals surface area contributed by atoms with Gasteiger partial charge in [-0.05, 0) is 44.0 Å². The van der Waals surface area contributed by atoms with Gasteiger partial charge in [0, 0.05) is 18.7 Å². The van der Waals surface area contributed by atoms with Crippen LogP contribution in [0.5, 0.6) is 5.75 Å². The van der Waals surface area contributed by atoms with E-state index in [-0.39, 0.29) is 28.0 Å². The molecule has 1 fully saturated rings. The van der Waals surface area contributed by atoms with Crippen LogP contribution in [0.25, 0.3) is 5.76 Å². The van der Waals surface area contributed by atoms with E-state index in [1.165, 1.54) is 12.0 Å². The molecular weight excluding hydrogens is 418 g/mol. The quantitative estimate of drug-likeness (QED) is 0.279. The number of amides is 1. The maximum absolute atomic E-state index is 13.0. The third kappa shape index (κ3) is 4.92. The highest BCUT2D eigenvalue weighted by Crippen LogP contribution is 2.41. The molecule has 1 unspecified atom stereocenters. The molecule has 0 radical (unpaired) electrons. The summed E-state index contributed by atoms with van der Waals surface area (Å²) in [6.07, 6.45) is 0.643. The fourth-order valence-electron chi connectivity index (χ4n) is 3.60. The molecule has 164 valence electrons. The molecule has 3 rings (SSSR count). The number of methoxy groups -OCH3 is 1. The van der Waals surface area contributed by atoms with Gasteiger partial charge in [0.05, 0.1) is 29.9 Å². The minimum absolute atomic E-state index is 0.0103. The van der Waals surface area contributed by atoms with Crippen molar-refractivity contribution in [2.45, 2.75) is 32.4 Å². The van der Waals surface area contributed by atoms with Gasteiger partial charge in [-0.15, -0.1) is 0 Å². The molecule has 2 aromatic rings. The summed E-state index contributed by atoms with van der Waals surface area (Å²) in [7, 11) is 1.50. The molecule has 0 saturated carbocycles. The minimum atomic E-state index is -0.741. The Bertz CT molecular complexity index is 987. The molecule has 1 atom stereocenters. The molecule has 1 amide bonds. The summed E-state index contributed by atoms with van der Waals surface area (Å²) < 4.78 is 10.8. The first kappa shape index (κ1) is 22.8. The van der Waals surface area contributed by atoms with Crippen molar-refractivity contribution >= 4 is 29.1 Å². The summed E-state index contributed by atoms with van der Waals surface area (Å²) in [5.41, 5.74) is 0.978. The van der Waals surface area contributed by atoms with E-state index in [1.54, 1.807) is 18.2 Å². The standard InChI is InChI=1S/C24H26ClNO5/c1-15(2)31-13-7-12-26-21(16-8-5-4-6-9-16)20(23(28)24(26)29)22(27)18-14-17(30-3)10-11-19(18)25/h4-6,8-11,14-15,21,27H,7,12-13H2,1-3H3/b22-20+. The number of hydrogen-bond donors (Lipinski definition) is 1. The molecule has 31 heavy (non-hydrogen) atoms.